The smallest absolute Gasteiger partial charge is 0.212 e. The molecule has 170 valence electrons. The number of hydrogen-bond donors (Lipinski definition) is 1. The van der Waals surface area contributed by atoms with Gasteiger partial charge in [0.15, 0.2) is 0 Å². The molecule has 5 heterocycles. The van der Waals surface area contributed by atoms with E-state index in [4.69, 9.17) is 19.7 Å². The van der Waals surface area contributed by atoms with Crippen molar-refractivity contribution < 1.29 is 9.47 Å². The Bertz CT molecular complexity index is 1050. The van der Waals surface area contributed by atoms with E-state index in [1.54, 1.807) is 7.11 Å². The minimum atomic E-state index is 0.355. The summed E-state index contributed by atoms with van der Waals surface area (Å²) in [5, 5.41) is 13.1. The third-order valence-electron chi connectivity index (χ3n) is 6.74. The Morgan fingerprint density at radius 2 is 2.06 bits per heavy atom. The maximum Gasteiger partial charge on any atom is 0.212 e. The van der Waals surface area contributed by atoms with Crippen LogP contribution in [0.25, 0.3) is 16.9 Å². The molecule has 0 saturated carbocycles. The highest BCUT2D eigenvalue weighted by Gasteiger charge is 2.26. The van der Waals surface area contributed by atoms with Crippen molar-refractivity contribution in [3.8, 4) is 22.8 Å². The number of rotatable bonds is 5. The number of aromatic nitrogens is 5. The van der Waals surface area contributed by atoms with Gasteiger partial charge >= 0.3 is 0 Å². The summed E-state index contributed by atoms with van der Waals surface area (Å²) in [5.41, 5.74) is 3.94. The van der Waals surface area contributed by atoms with Gasteiger partial charge in [0.25, 0.3) is 0 Å². The lowest BCUT2D eigenvalue weighted by Gasteiger charge is -2.32. The Balaban J connectivity index is 1.48. The zero-order valence-corrected chi connectivity index (χ0v) is 19.0. The number of methoxy groups -OCH3 is 1. The number of fused-ring (bicyclic) bond motifs is 1. The third-order valence-corrected chi connectivity index (χ3v) is 6.74. The fourth-order valence-electron chi connectivity index (χ4n) is 4.68. The number of pyridine rings is 1. The first-order chi connectivity index (χ1) is 15.6. The molecule has 0 amide bonds. The normalized spacial score (nSPS) is 18.6. The van der Waals surface area contributed by atoms with Crippen molar-refractivity contribution in [1.29, 1.82) is 0 Å². The molecule has 1 fully saturated rings. The van der Waals surface area contributed by atoms with Gasteiger partial charge in [-0.1, -0.05) is 0 Å². The maximum atomic E-state index is 5.67. The molecule has 32 heavy (non-hydrogen) atoms. The molecule has 3 aromatic rings. The zero-order chi connectivity index (χ0) is 22.1. The van der Waals surface area contributed by atoms with E-state index in [1.165, 1.54) is 12.8 Å². The van der Waals surface area contributed by atoms with E-state index >= 15 is 0 Å². The van der Waals surface area contributed by atoms with Gasteiger partial charge in [0.05, 0.1) is 37.8 Å². The predicted molar refractivity (Wildman–Crippen MR) is 122 cm³/mol. The Morgan fingerprint density at radius 1 is 1.22 bits per heavy atom. The van der Waals surface area contributed by atoms with Crippen LogP contribution in [0.1, 0.15) is 31.4 Å². The van der Waals surface area contributed by atoms with Gasteiger partial charge in [0.2, 0.25) is 5.88 Å². The highest BCUT2D eigenvalue weighted by Crippen LogP contribution is 2.34. The molecule has 0 unspecified atom stereocenters. The Kier molecular flexibility index (Phi) is 5.84. The molecule has 2 aliphatic heterocycles. The molecule has 3 aromatic heterocycles. The number of piperidine rings is 1. The second-order valence-electron chi connectivity index (χ2n) is 8.72. The van der Waals surface area contributed by atoms with Crippen molar-refractivity contribution in [3.05, 3.63) is 36.3 Å². The van der Waals surface area contributed by atoms with Crippen molar-refractivity contribution in [2.24, 2.45) is 5.92 Å². The van der Waals surface area contributed by atoms with Crippen LogP contribution in [0.3, 0.4) is 0 Å². The molecule has 1 N–H and O–H groups in total. The number of ether oxygens (including phenoxy) is 2. The Morgan fingerprint density at radius 3 is 2.81 bits per heavy atom. The quantitative estimate of drug-likeness (QED) is 0.657. The van der Waals surface area contributed by atoms with Gasteiger partial charge in [0.1, 0.15) is 18.2 Å². The van der Waals surface area contributed by atoms with E-state index in [2.05, 4.69) is 40.1 Å². The van der Waals surface area contributed by atoms with E-state index in [-0.39, 0.29) is 0 Å². The summed E-state index contributed by atoms with van der Waals surface area (Å²) < 4.78 is 14.9. The summed E-state index contributed by atoms with van der Waals surface area (Å²) in [7, 11) is 3.82. The van der Waals surface area contributed by atoms with E-state index in [0.29, 0.717) is 31.2 Å². The molecule has 0 aliphatic carbocycles. The number of hydrogen-bond acceptors (Lipinski definition) is 7. The van der Waals surface area contributed by atoms with Crippen LogP contribution in [-0.4, -0.2) is 70.0 Å². The van der Waals surface area contributed by atoms with Gasteiger partial charge < -0.3 is 19.7 Å². The molecule has 0 spiro atoms. The lowest BCUT2D eigenvalue weighted by molar-refractivity contribution is 0.159. The summed E-state index contributed by atoms with van der Waals surface area (Å²) in [6, 6.07) is 4.21. The van der Waals surface area contributed by atoms with Gasteiger partial charge in [-0.15, -0.1) is 0 Å². The molecule has 0 radical (unpaired) electrons. The average molecular weight is 438 g/mol. The van der Waals surface area contributed by atoms with Crippen molar-refractivity contribution in [2.75, 3.05) is 45.9 Å². The van der Waals surface area contributed by atoms with Crippen molar-refractivity contribution >= 4 is 5.82 Å². The first-order valence-corrected chi connectivity index (χ1v) is 11.3. The molecule has 1 atom stereocenters. The van der Waals surface area contributed by atoms with Crippen LogP contribution in [-0.2, 0) is 11.2 Å². The summed E-state index contributed by atoms with van der Waals surface area (Å²) in [6.45, 7) is 5.68. The highest BCUT2D eigenvalue weighted by molar-refractivity contribution is 5.70. The van der Waals surface area contributed by atoms with Crippen LogP contribution in [0.4, 0.5) is 5.82 Å². The largest absolute Gasteiger partial charge is 0.481 e. The van der Waals surface area contributed by atoms with E-state index in [9.17, 15) is 0 Å². The minimum absolute atomic E-state index is 0.355. The zero-order valence-electron chi connectivity index (χ0n) is 19.0. The number of anilines is 1. The standard InChI is InChI=1S/C23H31N7O2/c1-16(17-6-9-28(2)10-7-17)29-14-19(13-26-29)30-23-20(8-11-32-15-25-23)22(27-30)18-4-5-21(31-3)24-12-18/h4-5,12-14,16-17,25H,6-11,15H2,1-3H3/t16-/m1/s1. The second-order valence-corrected chi connectivity index (χ2v) is 8.72. The van der Waals surface area contributed by atoms with Crippen LogP contribution < -0.4 is 10.1 Å². The van der Waals surface area contributed by atoms with Gasteiger partial charge in [-0.3, -0.25) is 4.68 Å². The van der Waals surface area contributed by atoms with Crippen LogP contribution in [0, 0.1) is 5.92 Å². The summed E-state index contributed by atoms with van der Waals surface area (Å²) >= 11 is 0. The lowest BCUT2D eigenvalue weighted by Crippen LogP contribution is -2.33. The minimum Gasteiger partial charge on any atom is -0.481 e. The van der Waals surface area contributed by atoms with E-state index < -0.39 is 0 Å². The second kappa shape index (κ2) is 8.91. The molecule has 1 saturated heterocycles. The number of nitrogens with one attached hydrogen (secondary N) is 1. The SMILES string of the molecule is COc1ccc(-c2nn(-c3cnn([C@H](C)C4CCN(C)CC4)c3)c3c2CCOCN3)cn1. The molecule has 5 rings (SSSR count). The van der Waals surface area contributed by atoms with Gasteiger partial charge in [0, 0.05) is 29.8 Å². The van der Waals surface area contributed by atoms with E-state index in [1.807, 2.05) is 29.2 Å². The fraction of sp³-hybridized carbons (Fsp3) is 0.522. The summed E-state index contributed by atoms with van der Waals surface area (Å²) in [6.07, 6.45) is 9.02. The molecular weight excluding hydrogens is 406 g/mol. The maximum absolute atomic E-state index is 5.67. The molecule has 2 aliphatic rings. The summed E-state index contributed by atoms with van der Waals surface area (Å²) in [5.74, 6) is 2.19. The van der Waals surface area contributed by atoms with Crippen LogP contribution >= 0.6 is 0 Å². The van der Waals surface area contributed by atoms with Crippen LogP contribution in [0.5, 0.6) is 5.88 Å². The molecule has 9 heteroatoms. The fourth-order valence-corrected chi connectivity index (χ4v) is 4.68. The number of likely N-dealkylation sites (tertiary alicyclic amines) is 1. The molecule has 0 aromatic carbocycles. The molecule has 0 bridgehead atoms. The lowest BCUT2D eigenvalue weighted by atomic mass is 9.91. The van der Waals surface area contributed by atoms with E-state index in [0.717, 1.165) is 47.8 Å². The van der Waals surface area contributed by atoms with Crippen molar-refractivity contribution in [2.45, 2.75) is 32.2 Å². The topological polar surface area (TPSA) is 82.3 Å². The Labute approximate surface area is 188 Å². The monoisotopic (exact) mass is 437 g/mol. The predicted octanol–water partition coefficient (Wildman–Crippen LogP) is 2.98. The third kappa shape index (κ3) is 3.98. The number of nitrogens with zero attached hydrogens (tertiary/aromatic N) is 6. The first-order valence-electron chi connectivity index (χ1n) is 11.3. The van der Waals surface area contributed by atoms with Crippen molar-refractivity contribution in [1.82, 2.24) is 29.4 Å². The molecular formula is C23H31N7O2. The van der Waals surface area contributed by atoms with Gasteiger partial charge in [-0.25, -0.2) is 9.67 Å². The van der Waals surface area contributed by atoms with Crippen LogP contribution in [0.2, 0.25) is 0 Å². The summed E-state index contributed by atoms with van der Waals surface area (Å²) in [4.78, 5) is 6.77. The Hall–Kier alpha value is -2.91. The first kappa shape index (κ1) is 21.0. The average Bonchev–Trinajstić information content (AvgIpc) is 3.37. The van der Waals surface area contributed by atoms with Crippen molar-refractivity contribution in [3.63, 3.8) is 0 Å². The van der Waals surface area contributed by atoms with Crippen LogP contribution in [0.15, 0.2) is 30.7 Å². The highest BCUT2D eigenvalue weighted by atomic mass is 16.5. The van der Waals surface area contributed by atoms with Gasteiger partial charge in [-0.2, -0.15) is 10.2 Å². The molecule has 9 nitrogen and oxygen atoms in total. The van der Waals surface area contributed by atoms with Gasteiger partial charge in [-0.05, 0) is 51.9 Å².